The molecule has 0 spiro atoms. The highest BCUT2D eigenvalue weighted by molar-refractivity contribution is 5.99. The second-order valence-electron chi connectivity index (χ2n) is 5.55. The van der Waals surface area contributed by atoms with E-state index >= 15 is 0 Å². The van der Waals surface area contributed by atoms with Crippen LogP contribution < -0.4 is 15.5 Å². The van der Waals surface area contributed by atoms with Crippen molar-refractivity contribution in [3.63, 3.8) is 0 Å². The van der Waals surface area contributed by atoms with Crippen LogP contribution in [0, 0.1) is 0 Å². The molecule has 0 bridgehead atoms. The van der Waals surface area contributed by atoms with Gasteiger partial charge in [0.2, 0.25) is 5.91 Å². The lowest BCUT2D eigenvalue weighted by atomic mass is 10.0. The first-order valence-corrected chi connectivity index (χ1v) is 7.88. The second kappa shape index (κ2) is 7.08. The minimum absolute atomic E-state index is 0.0182. The van der Waals surface area contributed by atoms with Crippen molar-refractivity contribution in [3.05, 3.63) is 48.2 Å². The summed E-state index contributed by atoms with van der Waals surface area (Å²) >= 11 is 0. The molecule has 24 heavy (non-hydrogen) atoms. The predicted molar refractivity (Wildman–Crippen MR) is 90.9 cm³/mol. The van der Waals surface area contributed by atoms with Crippen LogP contribution in [0.15, 0.2) is 42.5 Å². The molecule has 0 saturated carbocycles. The van der Waals surface area contributed by atoms with Crippen LogP contribution in [-0.2, 0) is 4.79 Å². The Labute approximate surface area is 140 Å². The largest absolute Gasteiger partial charge is 0.357 e. The number of rotatable bonds is 4. The van der Waals surface area contributed by atoms with Crippen molar-refractivity contribution < 1.29 is 9.59 Å². The number of nitrogens with zero attached hydrogens (tertiary/aromatic N) is 3. The van der Waals surface area contributed by atoms with E-state index in [1.807, 2.05) is 30.3 Å². The predicted octanol–water partition coefficient (Wildman–Crippen LogP) is 1.44. The number of anilines is 2. The normalized spacial score (nSPS) is 17.5. The molecule has 1 aliphatic rings. The summed E-state index contributed by atoms with van der Waals surface area (Å²) in [7, 11) is 1.54. The molecule has 2 heterocycles. The fourth-order valence-corrected chi connectivity index (χ4v) is 2.71. The summed E-state index contributed by atoms with van der Waals surface area (Å²) in [6.07, 6.45) is 1.64. The second-order valence-corrected chi connectivity index (χ2v) is 5.55. The molecular weight excluding hydrogens is 306 g/mol. The number of para-hydroxylation sites is 1. The number of benzene rings is 1. The van der Waals surface area contributed by atoms with Crippen molar-refractivity contribution in [2.45, 2.75) is 18.9 Å². The van der Waals surface area contributed by atoms with Crippen LogP contribution in [0.3, 0.4) is 0 Å². The molecule has 1 saturated heterocycles. The molecule has 0 aliphatic carbocycles. The average Bonchev–Trinajstić information content (AvgIpc) is 2.64. The lowest BCUT2D eigenvalue weighted by molar-refractivity contribution is -0.120. The molecule has 2 amide bonds. The highest BCUT2D eigenvalue weighted by atomic mass is 16.2. The van der Waals surface area contributed by atoms with Gasteiger partial charge in [-0.1, -0.05) is 18.2 Å². The third kappa shape index (κ3) is 3.34. The highest BCUT2D eigenvalue weighted by Gasteiger charge is 2.29. The Kier molecular flexibility index (Phi) is 4.69. The maximum atomic E-state index is 12.7. The first-order valence-electron chi connectivity index (χ1n) is 7.88. The van der Waals surface area contributed by atoms with Gasteiger partial charge in [-0.2, -0.15) is 0 Å². The van der Waals surface area contributed by atoms with Gasteiger partial charge in [-0.05, 0) is 37.1 Å². The van der Waals surface area contributed by atoms with Crippen LogP contribution in [0.4, 0.5) is 11.5 Å². The summed E-state index contributed by atoms with van der Waals surface area (Å²) in [5.74, 6) is 0.207. The molecule has 1 aromatic heterocycles. The number of piperidine rings is 1. The van der Waals surface area contributed by atoms with Gasteiger partial charge < -0.3 is 15.5 Å². The number of carbonyl (C=O) groups excluding carboxylic acids is 2. The molecule has 1 fully saturated rings. The van der Waals surface area contributed by atoms with Crippen molar-refractivity contribution in [3.8, 4) is 0 Å². The summed E-state index contributed by atoms with van der Waals surface area (Å²) in [6.45, 7) is 0.711. The molecule has 1 atom stereocenters. The number of nitrogens with one attached hydrogen (secondary N) is 2. The molecule has 7 nitrogen and oxygen atoms in total. The fourth-order valence-electron chi connectivity index (χ4n) is 2.71. The lowest BCUT2D eigenvalue weighted by Crippen LogP contribution is -2.47. The third-order valence-electron chi connectivity index (χ3n) is 3.95. The number of carbonyl (C=O) groups is 2. The monoisotopic (exact) mass is 325 g/mol. The van der Waals surface area contributed by atoms with Gasteiger partial charge in [0, 0.05) is 19.3 Å². The molecule has 124 valence electrons. The Hall–Kier alpha value is -2.96. The van der Waals surface area contributed by atoms with E-state index in [0.717, 1.165) is 18.5 Å². The minimum Gasteiger partial charge on any atom is -0.357 e. The standard InChI is InChI=1S/C17H19N5O2/c1-18-16(23)13-9-10-15(21-20-13)19-14-8-5-11-22(17(14)24)12-6-3-2-4-7-12/h2-4,6-7,9-10,14H,5,8,11H2,1H3,(H,18,23)(H,19,21). The summed E-state index contributed by atoms with van der Waals surface area (Å²) in [5, 5.41) is 13.5. The van der Waals surface area contributed by atoms with E-state index in [2.05, 4.69) is 20.8 Å². The summed E-state index contributed by atoms with van der Waals surface area (Å²) in [6, 6.07) is 12.5. The molecule has 2 aromatic rings. The van der Waals surface area contributed by atoms with E-state index in [0.29, 0.717) is 12.4 Å². The number of aromatic nitrogens is 2. The topological polar surface area (TPSA) is 87.2 Å². The Morgan fingerprint density at radius 2 is 1.96 bits per heavy atom. The molecule has 1 aliphatic heterocycles. The van der Waals surface area contributed by atoms with E-state index in [1.165, 1.54) is 7.05 Å². The minimum atomic E-state index is -0.348. The Balaban J connectivity index is 1.70. The maximum absolute atomic E-state index is 12.7. The molecule has 2 N–H and O–H groups in total. The van der Waals surface area contributed by atoms with E-state index < -0.39 is 0 Å². The van der Waals surface area contributed by atoms with E-state index in [-0.39, 0.29) is 23.6 Å². The smallest absolute Gasteiger partial charge is 0.271 e. The molecule has 0 radical (unpaired) electrons. The van der Waals surface area contributed by atoms with Gasteiger partial charge in [0.15, 0.2) is 5.69 Å². The van der Waals surface area contributed by atoms with Crippen molar-refractivity contribution in [1.82, 2.24) is 15.5 Å². The van der Waals surface area contributed by atoms with Crippen LogP contribution >= 0.6 is 0 Å². The van der Waals surface area contributed by atoms with Crippen LogP contribution in [-0.4, -0.2) is 41.6 Å². The van der Waals surface area contributed by atoms with Gasteiger partial charge in [0.1, 0.15) is 11.9 Å². The van der Waals surface area contributed by atoms with Gasteiger partial charge >= 0.3 is 0 Å². The Morgan fingerprint density at radius 3 is 2.62 bits per heavy atom. The SMILES string of the molecule is CNC(=O)c1ccc(NC2CCCN(c3ccccc3)C2=O)nn1. The van der Waals surface area contributed by atoms with E-state index in [9.17, 15) is 9.59 Å². The number of amides is 2. The van der Waals surface area contributed by atoms with E-state index in [4.69, 9.17) is 0 Å². The Morgan fingerprint density at radius 1 is 1.17 bits per heavy atom. The van der Waals surface area contributed by atoms with Crippen molar-refractivity contribution in [1.29, 1.82) is 0 Å². The van der Waals surface area contributed by atoms with Crippen LogP contribution in [0.2, 0.25) is 0 Å². The zero-order valence-electron chi connectivity index (χ0n) is 13.4. The highest BCUT2D eigenvalue weighted by Crippen LogP contribution is 2.22. The van der Waals surface area contributed by atoms with Gasteiger partial charge in [-0.15, -0.1) is 10.2 Å². The van der Waals surface area contributed by atoms with Gasteiger partial charge in [-0.25, -0.2) is 0 Å². The third-order valence-corrected chi connectivity index (χ3v) is 3.95. The van der Waals surface area contributed by atoms with Crippen molar-refractivity contribution in [2.75, 3.05) is 23.8 Å². The maximum Gasteiger partial charge on any atom is 0.271 e. The molecule has 3 rings (SSSR count). The van der Waals surface area contributed by atoms with Gasteiger partial charge in [0.05, 0.1) is 0 Å². The van der Waals surface area contributed by atoms with Crippen LogP contribution in [0.25, 0.3) is 0 Å². The zero-order valence-corrected chi connectivity index (χ0v) is 13.4. The Bertz CT molecular complexity index is 718. The van der Waals surface area contributed by atoms with E-state index in [1.54, 1.807) is 17.0 Å². The molecular formula is C17H19N5O2. The van der Waals surface area contributed by atoms with Crippen molar-refractivity contribution in [2.24, 2.45) is 0 Å². The number of hydrogen-bond donors (Lipinski definition) is 2. The van der Waals surface area contributed by atoms with Crippen molar-refractivity contribution >= 4 is 23.3 Å². The average molecular weight is 325 g/mol. The van der Waals surface area contributed by atoms with Gasteiger partial charge in [-0.3, -0.25) is 9.59 Å². The summed E-state index contributed by atoms with van der Waals surface area (Å²) in [4.78, 5) is 26.0. The molecule has 7 heteroatoms. The first kappa shape index (κ1) is 15.9. The lowest BCUT2D eigenvalue weighted by Gasteiger charge is -2.32. The zero-order chi connectivity index (χ0) is 16.9. The van der Waals surface area contributed by atoms with Crippen LogP contribution in [0.5, 0.6) is 0 Å². The van der Waals surface area contributed by atoms with Gasteiger partial charge in [0.25, 0.3) is 5.91 Å². The summed E-state index contributed by atoms with van der Waals surface area (Å²) < 4.78 is 0. The van der Waals surface area contributed by atoms with Crippen LogP contribution in [0.1, 0.15) is 23.3 Å². The first-order chi connectivity index (χ1) is 11.7. The summed E-state index contributed by atoms with van der Waals surface area (Å²) in [5.41, 5.74) is 1.14. The molecule has 1 unspecified atom stereocenters. The fraction of sp³-hybridized carbons (Fsp3) is 0.294. The molecule has 1 aromatic carbocycles. The number of hydrogen-bond acceptors (Lipinski definition) is 5. The quantitative estimate of drug-likeness (QED) is 0.888.